The molecule has 1 aliphatic heterocycles. The SMILES string of the molecule is Cc1ncc(Cl)cc1C(=O)N=CC1CCC(CN2C(=O)C(F)(F)c3ccccc32)CC1. The summed E-state index contributed by atoms with van der Waals surface area (Å²) in [5, 5.41) is 0.383. The van der Waals surface area contributed by atoms with Crippen molar-refractivity contribution in [3.8, 4) is 0 Å². The summed E-state index contributed by atoms with van der Waals surface area (Å²) in [6.45, 7) is 2.01. The number of hydrogen-bond donors (Lipinski definition) is 0. The van der Waals surface area contributed by atoms with Gasteiger partial charge in [-0.25, -0.2) is 4.99 Å². The van der Waals surface area contributed by atoms with Crippen LogP contribution in [-0.4, -0.2) is 29.6 Å². The number of para-hydroxylation sites is 1. The van der Waals surface area contributed by atoms with Crippen LogP contribution in [0.15, 0.2) is 41.5 Å². The lowest BCUT2D eigenvalue weighted by Gasteiger charge is -2.30. The molecular weight excluding hydrogens is 424 g/mol. The Hall–Kier alpha value is -2.67. The number of halogens is 3. The molecule has 0 spiro atoms. The van der Waals surface area contributed by atoms with Crippen molar-refractivity contribution in [2.45, 2.75) is 38.5 Å². The molecule has 0 atom stereocenters. The van der Waals surface area contributed by atoms with Gasteiger partial charge in [-0.1, -0.05) is 29.8 Å². The topological polar surface area (TPSA) is 62.6 Å². The number of fused-ring (bicyclic) bond motifs is 1. The van der Waals surface area contributed by atoms with Gasteiger partial charge in [0.1, 0.15) is 0 Å². The third-order valence-corrected chi connectivity index (χ3v) is 6.27. The van der Waals surface area contributed by atoms with Crippen molar-refractivity contribution in [3.63, 3.8) is 0 Å². The number of amides is 2. The van der Waals surface area contributed by atoms with E-state index < -0.39 is 11.8 Å². The molecule has 8 heteroatoms. The summed E-state index contributed by atoms with van der Waals surface area (Å²) in [5.74, 6) is -4.72. The van der Waals surface area contributed by atoms with Crippen LogP contribution in [0.3, 0.4) is 0 Å². The number of aliphatic imine (C=N–C) groups is 1. The van der Waals surface area contributed by atoms with Crippen molar-refractivity contribution >= 4 is 35.3 Å². The quantitative estimate of drug-likeness (QED) is 0.608. The molecular formula is C23H22ClF2N3O2. The van der Waals surface area contributed by atoms with Crippen LogP contribution < -0.4 is 4.90 Å². The van der Waals surface area contributed by atoms with E-state index in [1.165, 1.54) is 23.2 Å². The fourth-order valence-electron chi connectivity index (χ4n) is 4.29. The van der Waals surface area contributed by atoms with Gasteiger partial charge in [-0.2, -0.15) is 8.78 Å². The zero-order chi connectivity index (χ0) is 22.2. The first-order valence-corrected chi connectivity index (χ1v) is 10.6. The molecule has 0 radical (unpaired) electrons. The van der Waals surface area contributed by atoms with E-state index >= 15 is 0 Å². The van der Waals surface area contributed by atoms with E-state index in [0.717, 1.165) is 25.7 Å². The number of anilines is 1. The van der Waals surface area contributed by atoms with E-state index in [0.29, 0.717) is 22.0 Å². The highest BCUT2D eigenvalue weighted by Crippen LogP contribution is 2.45. The molecule has 1 fully saturated rings. The normalized spacial score (nSPS) is 22.7. The van der Waals surface area contributed by atoms with Gasteiger partial charge in [-0.15, -0.1) is 0 Å². The minimum Gasteiger partial charge on any atom is -0.306 e. The molecule has 2 aliphatic rings. The fraction of sp³-hybridized carbons (Fsp3) is 0.391. The van der Waals surface area contributed by atoms with Crippen LogP contribution in [0.1, 0.15) is 47.3 Å². The van der Waals surface area contributed by atoms with Gasteiger partial charge in [-0.3, -0.25) is 14.6 Å². The first kappa shape index (κ1) is 21.6. The van der Waals surface area contributed by atoms with Crippen LogP contribution in [0.25, 0.3) is 0 Å². The van der Waals surface area contributed by atoms with E-state index in [1.807, 2.05) is 0 Å². The third-order valence-electron chi connectivity index (χ3n) is 6.07. The molecule has 4 rings (SSSR count). The van der Waals surface area contributed by atoms with E-state index in [1.54, 1.807) is 31.3 Å². The highest BCUT2D eigenvalue weighted by molar-refractivity contribution is 6.30. The minimum absolute atomic E-state index is 0.130. The maximum absolute atomic E-state index is 14.3. The van der Waals surface area contributed by atoms with Crippen LogP contribution in [-0.2, 0) is 10.7 Å². The lowest BCUT2D eigenvalue weighted by atomic mass is 9.82. The number of hydrogen-bond acceptors (Lipinski definition) is 3. The second kappa shape index (κ2) is 8.46. The number of aromatic nitrogens is 1. The average Bonchev–Trinajstić information content (AvgIpc) is 2.95. The number of rotatable bonds is 4. The molecule has 1 saturated carbocycles. The number of carbonyl (C=O) groups is 2. The maximum atomic E-state index is 14.3. The Balaban J connectivity index is 1.35. The fourth-order valence-corrected chi connectivity index (χ4v) is 4.45. The van der Waals surface area contributed by atoms with Crippen LogP contribution in [0.2, 0.25) is 5.02 Å². The Morgan fingerprint density at radius 1 is 1.29 bits per heavy atom. The van der Waals surface area contributed by atoms with Gasteiger partial charge in [-0.05, 0) is 56.6 Å². The smallest absolute Gasteiger partial charge is 0.306 e. The summed E-state index contributed by atoms with van der Waals surface area (Å²) in [6.07, 6.45) is 6.28. The number of nitrogens with zero attached hydrogens (tertiary/aromatic N) is 3. The lowest BCUT2D eigenvalue weighted by molar-refractivity contribution is -0.141. The van der Waals surface area contributed by atoms with E-state index in [2.05, 4.69) is 9.98 Å². The minimum atomic E-state index is -3.46. The molecule has 0 N–H and O–H groups in total. The van der Waals surface area contributed by atoms with Crippen molar-refractivity contribution in [1.82, 2.24) is 4.98 Å². The Labute approximate surface area is 184 Å². The monoisotopic (exact) mass is 445 g/mol. The predicted molar refractivity (Wildman–Crippen MR) is 115 cm³/mol. The molecule has 1 aromatic heterocycles. The second-order valence-corrected chi connectivity index (χ2v) is 8.59. The number of aryl methyl sites for hydroxylation is 1. The van der Waals surface area contributed by atoms with Crippen LogP contribution in [0.5, 0.6) is 0 Å². The van der Waals surface area contributed by atoms with Gasteiger partial charge in [0.05, 0.1) is 27.5 Å². The standard InChI is InChI=1S/C23H22ClF2N3O2/c1-14-18(10-17(24)12-27-14)21(30)28-11-15-6-8-16(9-7-15)13-29-20-5-3-2-4-19(20)23(25,26)22(29)31/h2-5,10-12,15-16H,6-9,13H2,1H3. The predicted octanol–water partition coefficient (Wildman–Crippen LogP) is 5.20. The van der Waals surface area contributed by atoms with E-state index in [-0.39, 0.29) is 29.9 Å². The molecule has 0 saturated heterocycles. The molecule has 31 heavy (non-hydrogen) atoms. The average molecular weight is 446 g/mol. The van der Waals surface area contributed by atoms with Gasteiger partial charge in [0.15, 0.2) is 0 Å². The van der Waals surface area contributed by atoms with Gasteiger partial charge in [0.25, 0.3) is 5.91 Å². The molecule has 5 nitrogen and oxygen atoms in total. The highest BCUT2D eigenvalue weighted by atomic mass is 35.5. The molecule has 2 aromatic rings. The zero-order valence-corrected chi connectivity index (χ0v) is 17.8. The van der Waals surface area contributed by atoms with Crippen molar-refractivity contribution in [2.24, 2.45) is 16.8 Å². The highest BCUT2D eigenvalue weighted by Gasteiger charge is 2.52. The Kier molecular flexibility index (Phi) is 5.88. The van der Waals surface area contributed by atoms with Crippen molar-refractivity contribution in [2.75, 3.05) is 11.4 Å². The van der Waals surface area contributed by atoms with Gasteiger partial charge in [0.2, 0.25) is 0 Å². The second-order valence-electron chi connectivity index (χ2n) is 8.16. The van der Waals surface area contributed by atoms with Gasteiger partial charge >= 0.3 is 11.8 Å². The summed E-state index contributed by atoms with van der Waals surface area (Å²) in [5.41, 5.74) is 1.04. The van der Waals surface area contributed by atoms with Crippen molar-refractivity contribution in [3.05, 3.63) is 58.4 Å². The largest absolute Gasteiger partial charge is 0.352 e. The van der Waals surface area contributed by atoms with E-state index in [4.69, 9.17) is 11.6 Å². The van der Waals surface area contributed by atoms with E-state index in [9.17, 15) is 18.4 Å². The number of benzene rings is 1. The summed E-state index contributed by atoms with van der Waals surface area (Å²) >= 11 is 5.91. The number of alkyl halides is 2. The lowest BCUT2D eigenvalue weighted by Crippen LogP contribution is -2.38. The maximum Gasteiger partial charge on any atom is 0.352 e. The zero-order valence-electron chi connectivity index (χ0n) is 17.0. The summed E-state index contributed by atoms with van der Waals surface area (Å²) in [4.78, 5) is 34.0. The summed E-state index contributed by atoms with van der Waals surface area (Å²) in [6, 6.07) is 7.64. The first-order valence-electron chi connectivity index (χ1n) is 10.3. The van der Waals surface area contributed by atoms with Crippen LogP contribution in [0.4, 0.5) is 14.5 Å². The van der Waals surface area contributed by atoms with Gasteiger partial charge in [0, 0.05) is 19.0 Å². The molecule has 162 valence electrons. The molecule has 0 unspecified atom stereocenters. The Morgan fingerprint density at radius 3 is 2.74 bits per heavy atom. The summed E-state index contributed by atoms with van der Waals surface area (Å²) in [7, 11) is 0. The number of pyridine rings is 1. The first-order chi connectivity index (χ1) is 14.8. The van der Waals surface area contributed by atoms with Crippen LogP contribution >= 0.6 is 11.6 Å². The van der Waals surface area contributed by atoms with Gasteiger partial charge < -0.3 is 4.90 Å². The molecule has 1 aliphatic carbocycles. The van der Waals surface area contributed by atoms with Crippen molar-refractivity contribution in [1.29, 1.82) is 0 Å². The Morgan fingerprint density at radius 2 is 2.00 bits per heavy atom. The van der Waals surface area contributed by atoms with Crippen LogP contribution in [0, 0.1) is 18.8 Å². The van der Waals surface area contributed by atoms with Crippen molar-refractivity contribution < 1.29 is 18.4 Å². The summed E-state index contributed by atoms with van der Waals surface area (Å²) < 4.78 is 28.6. The Bertz CT molecular complexity index is 1050. The molecule has 1 aromatic carbocycles. The molecule has 2 amide bonds. The number of carbonyl (C=O) groups excluding carboxylic acids is 2. The molecule has 0 bridgehead atoms. The third kappa shape index (κ3) is 4.24. The molecule has 2 heterocycles.